The zero-order valence-corrected chi connectivity index (χ0v) is 7.11. The normalized spacial score (nSPS) is 14.2. The van der Waals surface area contributed by atoms with Crippen molar-refractivity contribution < 1.29 is 14.4 Å². The quantitative estimate of drug-likeness (QED) is 0.591. The maximum atomic E-state index is 10.7. The largest absolute Gasteiger partial charge is 0.346 e. The molecular weight excluding hydrogens is 177 g/mol. The van der Waals surface area contributed by atoms with E-state index in [1.54, 1.807) is 12.1 Å². The Hall–Kier alpha value is -0.670. The lowest BCUT2D eigenvalue weighted by molar-refractivity contribution is 0.359. The molecule has 1 rings (SSSR count). The van der Waals surface area contributed by atoms with E-state index >= 15 is 0 Å². The van der Waals surface area contributed by atoms with Crippen LogP contribution < -0.4 is 5.73 Å². The van der Waals surface area contributed by atoms with Gasteiger partial charge < -0.3 is 15.5 Å². The highest BCUT2D eigenvalue weighted by molar-refractivity contribution is 7.52. The average molecular weight is 186 g/mol. The van der Waals surface area contributed by atoms with E-state index in [0.717, 1.165) is 0 Å². The Bertz CT molecular complexity index is 295. The Morgan fingerprint density at radius 3 is 2.33 bits per heavy atom. The van der Waals surface area contributed by atoms with E-state index in [-0.39, 0.29) is 0 Å². The first-order valence-electron chi connectivity index (χ1n) is 3.28. The van der Waals surface area contributed by atoms with E-state index in [1.807, 2.05) is 0 Å². The Morgan fingerprint density at radius 2 is 1.92 bits per heavy atom. The molecule has 1 radical (unpaired) electrons. The number of rotatable bonds is 2. The van der Waals surface area contributed by atoms with Gasteiger partial charge in [0.25, 0.3) is 0 Å². The van der Waals surface area contributed by atoms with E-state index < -0.39 is 13.4 Å². The Morgan fingerprint density at radius 1 is 1.42 bits per heavy atom. The van der Waals surface area contributed by atoms with Crippen LogP contribution in [0.3, 0.4) is 0 Å². The molecule has 1 unspecified atom stereocenters. The fraction of sp³-hybridized carbons (Fsp3) is 0.143. The predicted molar refractivity (Wildman–Crippen MR) is 44.3 cm³/mol. The van der Waals surface area contributed by atoms with Gasteiger partial charge in [0.05, 0.1) is 0 Å². The summed E-state index contributed by atoms with van der Waals surface area (Å²) in [5, 5.41) is 0. The minimum Gasteiger partial charge on any atom is -0.323 e. The molecule has 0 heterocycles. The zero-order chi connectivity index (χ0) is 9.19. The van der Waals surface area contributed by atoms with E-state index in [9.17, 15) is 4.57 Å². The van der Waals surface area contributed by atoms with Crippen LogP contribution in [-0.4, -0.2) is 9.79 Å². The number of hydrogen-bond acceptors (Lipinski definition) is 2. The molecule has 0 aliphatic carbocycles. The summed E-state index contributed by atoms with van der Waals surface area (Å²) >= 11 is 0. The molecular formula is C7H9NO3P. The minimum atomic E-state index is -4.21. The molecule has 0 amide bonds. The van der Waals surface area contributed by atoms with Crippen molar-refractivity contribution in [2.75, 3.05) is 0 Å². The van der Waals surface area contributed by atoms with Crippen molar-refractivity contribution in [3.63, 3.8) is 0 Å². The third-order valence-corrected chi connectivity index (χ3v) is 2.47. The van der Waals surface area contributed by atoms with Crippen LogP contribution in [0, 0.1) is 6.07 Å². The van der Waals surface area contributed by atoms with E-state index in [2.05, 4.69) is 6.07 Å². The molecule has 0 bridgehead atoms. The SMILES string of the molecule is NC(c1cc[c]cc1)P(=O)(O)O. The van der Waals surface area contributed by atoms with E-state index in [4.69, 9.17) is 15.5 Å². The lowest BCUT2D eigenvalue weighted by Crippen LogP contribution is -2.10. The maximum absolute atomic E-state index is 10.7. The van der Waals surface area contributed by atoms with Crippen molar-refractivity contribution in [1.82, 2.24) is 0 Å². The highest BCUT2D eigenvalue weighted by Crippen LogP contribution is 2.47. The lowest BCUT2D eigenvalue weighted by Gasteiger charge is -2.12. The lowest BCUT2D eigenvalue weighted by atomic mass is 10.2. The van der Waals surface area contributed by atoms with Gasteiger partial charge in [-0.15, -0.1) is 0 Å². The van der Waals surface area contributed by atoms with Crippen LogP contribution in [0.1, 0.15) is 11.3 Å². The summed E-state index contributed by atoms with van der Waals surface area (Å²) in [6.07, 6.45) is 0. The van der Waals surface area contributed by atoms with E-state index in [1.165, 1.54) is 12.1 Å². The van der Waals surface area contributed by atoms with Gasteiger partial charge in [-0.05, 0) is 11.6 Å². The van der Waals surface area contributed by atoms with Gasteiger partial charge in [0.15, 0.2) is 0 Å². The summed E-state index contributed by atoms with van der Waals surface area (Å²) in [4.78, 5) is 17.4. The Labute approximate surface area is 70.2 Å². The summed E-state index contributed by atoms with van der Waals surface area (Å²) in [6, 6.07) is 8.91. The molecule has 65 valence electrons. The van der Waals surface area contributed by atoms with Gasteiger partial charge in [0.1, 0.15) is 5.78 Å². The summed E-state index contributed by atoms with van der Waals surface area (Å²) in [5.74, 6) is -1.23. The number of nitrogens with two attached hydrogens (primary N) is 1. The molecule has 12 heavy (non-hydrogen) atoms. The van der Waals surface area contributed by atoms with Gasteiger partial charge in [0.2, 0.25) is 0 Å². The molecule has 0 spiro atoms. The second-order valence-electron chi connectivity index (χ2n) is 2.37. The highest BCUT2D eigenvalue weighted by Gasteiger charge is 2.25. The van der Waals surface area contributed by atoms with Gasteiger partial charge >= 0.3 is 7.60 Å². The van der Waals surface area contributed by atoms with Crippen molar-refractivity contribution >= 4 is 7.60 Å². The molecule has 1 atom stereocenters. The number of benzene rings is 1. The maximum Gasteiger partial charge on any atom is 0.346 e. The van der Waals surface area contributed by atoms with Crippen LogP contribution in [-0.2, 0) is 4.57 Å². The summed E-state index contributed by atoms with van der Waals surface area (Å²) in [5.41, 5.74) is 5.71. The molecule has 1 aromatic carbocycles. The molecule has 0 aliphatic heterocycles. The monoisotopic (exact) mass is 186 g/mol. The minimum absolute atomic E-state index is 0.419. The molecule has 0 saturated heterocycles. The Kier molecular flexibility index (Phi) is 2.65. The van der Waals surface area contributed by atoms with Crippen LogP contribution in [0.2, 0.25) is 0 Å². The van der Waals surface area contributed by atoms with Gasteiger partial charge in [-0.3, -0.25) is 4.57 Å². The fourth-order valence-corrected chi connectivity index (χ4v) is 1.35. The third kappa shape index (κ3) is 2.16. The van der Waals surface area contributed by atoms with Gasteiger partial charge in [0, 0.05) is 0 Å². The van der Waals surface area contributed by atoms with Crippen molar-refractivity contribution in [2.45, 2.75) is 5.78 Å². The predicted octanol–water partition coefficient (Wildman–Crippen LogP) is 0.622. The first-order valence-corrected chi connectivity index (χ1v) is 4.97. The zero-order valence-electron chi connectivity index (χ0n) is 6.21. The molecule has 0 saturated carbocycles. The van der Waals surface area contributed by atoms with Crippen molar-refractivity contribution in [3.8, 4) is 0 Å². The van der Waals surface area contributed by atoms with E-state index in [0.29, 0.717) is 5.56 Å². The van der Waals surface area contributed by atoms with Gasteiger partial charge in [-0.1, -0.05) is 24.3 Å². The molecule has 4 N–H and O–H groups in total. The van der Waals surface area contributed by atoms with Crippen molar-refractivity contribution in [2.24, 2.45) is 5.73 Å². The van der Waals surface area contributed by atoms with Crippen molar-refractivity contribution in [1.29, 1.82) is 0 Å². The summed E-state index contributed by atoms with van der Waals surface area (Å²) in [6.45, 7) is 0. The van der Waals surface area contributed by atoms with Gasteiger partial charge in [-0.25, -0.2) is 0 Å². The van der Waals surface area contributed by atoms with Crippen LogP contribution >= 0.6 is 7.60 Å². The Balaban J connectivity index is 2.94. The molecule has 0 fully saturated rings. The molecule has 5 heteroatoms. The second-order valence-corrected chi connectivity index (χ2v) is 4.10. The summed E-state index contributed by atoms with van der Waals surface area (Å²) < 4.78 is 10.7. The first kappa shape index (κ1) is 9.42. The van der Waals surface area contributed by atoms with Crippen LogP contribution in [0.15, 0.2) is 24.3 Å². The van der Waals surface area contributed by atoms with Gasteiger partial charge in [-0.2, -0.15) is 0 Å². The van der Waals surface area contributed by atoms with Crippen LogP contribution in [0.25, 0.3) is 0 Å². The standard InChI is InChI=1S/C7H9NO3P/c8-7(12(9,10)11)6-4-2-1-3-5-6/h2-5,7H,8H2,(H2,9,10,11). The first-order chi connectivity index (χ1) is 5.52. The molecule has 0 aliphatic rings. The molecule has 4 nitrogen and oxygen atoms in total. The number of hydrogen-bond donors (Lipinski definition) is 3. The second kappa shape index (κ2) is 3.37. The third-order valence-electron chi connectivity index (χ3n) is 1.45. The fourth-order valence-electron chi connectivity index (χ4n) is 0.791. The molecule has 0 aromatic heterocycles. The van der Waals surface area contributed by atoms with Crippen LogP contribution in [0.5, 0.6) is 0 Å². The topological polar surface area (TPSA) is 83.6 Å². The van der Waals surface area contributed by atoms with Crippen molar-refractivity contribution in [3.05, 3.63) is 35.9 Å². The average Bonchev–Trinajstić information content (AvgIpc) is 2.03. The highest BCUT2D eigenvalue weighted by atomic mass is 31.2. The molecule has 1 aromatic rings. The van der Waals surface area contributed by atoms with Crippen LogP contribution in [0.4, 0.5) is 0 Å². The summed E-state index contributed by atoms with van der Waals surface area (Å²) in [7, 11) is -4.21. The smallest absolute Gasteiger partial charge is 0.323 e.